The molecule has 3 N–H and O–H groups in total. The maximum atomic E-state index is 10.7. The summed E-state index contributed by atoms with van der Waals surface area (Å²) in [5.41, 5.74) is 6.00. The summed E-state index contributed by atoms with van der Waals surface area (Å²) in [4.78, 5) is 0. The molecule has 2 aliphatic rings. The minimum absolute atomic E-state index is 0.0290. The van der Waals surface area contributed by atoms with Crippen molar-refractivity contribution >= 4 is 0 Å². The van der Waals surface area contributed by atoms with Crippen molar-refractivity contribution < 1.29 is 9.84 Å². The SMILES string of the molecule is NCC1(C(O)C2CCOC2)CCCCCCC1. The number of aliphatic hydroxyl groups excluding tert-OH is 1. The highest BCUT2D eigenvalue weighted by Gasteiger charge is 2.41. The van der Waals surface area contributed by atoms with Gasteiger partial charge in [-0.2, -0.15) is 0 Å². The van der Waals surface area contributed by atoms with Crippen molar-refractivity contribution in [2.75, 3.05) is 19.8 Å². The molecule has 2 rings (SSSR count). The Bertz CT molecular complexity index is 218. The number of hydrogen-bond donors (Lipinski definition) is 2. The molecule has 100 valence electrons. The highest BCUT2D eigenvalue weighted by Crippen LogP contribution is 2.40. The van der Waals surface area contributed by atoms with Gasteiger partial charge in [-0.05, 0) is 19.3 Å². The highest BCUT2D eigenvalue weighted by molar-refractivity contribution is 4.92. The minimum atomic E-state index is -0.256. The zero-order valence-corrected chi connectivity index (χ0v) is 10.9. The Labute approximate surface area is 105 Å². The van der Waals surface area contributed by atoms with Crippen LogP contribution in [0.4, 0.5) is 0 Å². The Kier molecular flexibility index (Phi) is 4.83. The third kappa shape index (κ3) is 3.01. The van der Waals surface area contributed by atoms with Crippen molar-refractivity contribution in [1.82, 2.24) is 0 Å². The lowest BCUT2D eigenvalue weighted by atomic mass is 9.68. The lowest BCUT2D eigenvalue weighted by Crippen LogP contribution is -2.46. The first-order valence-electron chi connectivity index (χ1n) is 7.24. The molecular formula is C14H27NO2. The lowest BCUT2D eigenvalue weighted by Gasteiger charge is -2.41. The summed E-state index contributed by atoms with van der Waals surface area (Å²) in [5.74, 6) is 0.318. The fourth-order valence-electron chi connectivity index (χ4n) is 3.53. The quantitative estimate of drug-likeness (QED) is 0.795. The van der Waals surface area contributed by atoms with Crippen LogP contribution in [0, 0.1) is 11.3 Å². The molecule has 3 heteroatoms. The summed E-state index contributed by atoms with van der Waals surface area (Å²) in [6.07, 6.45) is 9.34. The van der Waals surface area contributed by atoms with Crippen LogP contribution in [0.3, 0.4) is 0 Å². The van der Waals surface area contributed by atoms with Gasteiger partial charge in [-0.1, -0.05) is 32.1 Å². The van der Waals surface area contributed by atoms with Crippen LogP contribution in [0.2, 0.25) is 0 Å². The van der Waals surface area contributed by atoms with Crippen LogP contribution in [-0.4, -0.2) is 31.0 Å². The van der Waals surface area contributed by atoms with Crippen LogP contribution in [-0.2, 0) is 4.74 Å². The Balaban J connectivity index is 2.03. The van der Waals surface area contributed by atoms with Crippen LogP contribution in [0.1, 0.15) is 51.4 Å². The van der Waals surface area contributed by atoms with Gasteiger partial charge in [0.15, 0.2) is 0 Å². The van der Waals surface area contributed by atoms with Gasteiger partial charge in [-0.15, -0.1) is 0 Å². The molecule has 1 aliphatic carbocycles. The fraction of sp³-hybridized carbons (Fsp3) is 1.00. The Morgan fingerprint density at radius 1 is 1.18 bits per heavy atom. The Hall–Kier alpha value is -0.120. The average molecular weight is 241 g/mol. The second-order valence-corrected chi connectivity index (χ2v) is 5.90. The van der Waals surface area contributed by atoms with Crippen molar-refractivity contribution in [2.45, 2.75) is 57.5 Å². The third-order valence-electron chi connectivity index (χ3n) is 4.79. The highest BCUT2D eigenvalue weighted by atomic mass is 16.5. The molecule has 0 aromatic rings. The van der Waals surface area contributed by atoms with Crippen molar-refractivity contribution in [3.63, 3.8) is 0 Å². The summed E-state index contributed by atoms with van der Waals surface area (Å²) in [6, 6.07) is 0. The van der Waals surface area contributed by atoms with Gasteiger partial charge in [0.2, 0.25) is 0 Å². The van der Waals surface area contributed by atoms with Gasteiger partial charge in [0, 0.05) is 24.5 Å². The van der Waals surface area contributed by atoms with Crippen LogP contribution in [0.5, 0.6) is 0 Å². The first kappa shape index (κ1) is 13.3. The van der Waals surface area contributed by atoms with Gasteiger partial charge in [-0.3, -0.25) is 0 Å². The number of ether oxygens (including phenoxy) is 1. The predicted octanol–water partition coefficient (Wildman–Crippen LogP) is 2.07. The molecule has 0 amide bonds. The second kappa shape index (κ2) is 6.17. The van der Waals surface area contributed by atoms with E-state index in [9.17, 15) is 5.11 Å². The van der Waals surface area contributed by atoms with E-state index in [1.807, 2.05) is 0 Å². The van der Waals surface area contributed by atoms with E-state index in [0.717, 1.165) is 32.5 Å². The van der Waals surface area contributed by atoms with Crippen LogP contribution < -0.4 is 5.73 Å². The molecule has 2 atom stereocenters. The van der Waals surface area contributed by atoms with E-state index < -0.39 is 0 Å². The van der Waals surface area contributed by atoms with Gasteiger partial charge >= 0.3 is 0 Å². The molecule has 2 fully saturated rings. The number of rotatable bonds is 3. The van der Waals surface area contributed by atoms with Gasteiger partial charge in [0.05, 0.1) is 12.7 Å². The van der Waals surface area contributed by atoms with Crippen LogP contribution in [0.15, 0.2) is 0 Å². The summed E-state index contributed by atoms with van der Waals surface area (Å²) in [7, 11) is 0. The Morgan fingerprint density at radius 3 is 2.35 bits per heavy atom. The third-order valence-corrected chi connectivity index (χ3v) is 4.79. The van der Waals surface area contributed by atoms with Crippen LogP contribution >= 0.6 is 0 Å². The molecule has 0 bridgehead atoms. The lowest BCUT2D eigenvalue weighted by molar-refractivity contribution is -0.0324. The van der Waals surface area contributed by atoms with Gasteiger partial charge in [0.25, 0.3) is 0 Å². The number of aliphatic hydroxyl groups is 1. The van der Waals surface area contributed by atoms with E-state index >= 15 is 0 Å². The summed E-state index contributed by atoms with van der Waals surface area (Å²) < 4.78 is 5.41. The van der Waals surface area contributed by atoms with E-state index in [1.165, 1.54) is 32.1 Å². The van der Waals surface area contributed by atoms with E-state index in [-0.39, 0.29) is 11.5 Å². The molecule has 0 aromatic carbocycles. The van der Waals surface area contributed by atoms with Crippen molar-refractivity contribution in [3.8, 4) is 0 Å². The monoisotopic (exact) mass is 241 g/mol. The maximum Gasteiger partial charge on any atom is 0.0659 e. The normalized spacial score (nSPS) is 31.8. The van der Waals surface area contributed by atoms with E-state index in [2.05, 4.69) is 0 Å². The predicted molar refractivity (Wildman–Crippen MR) is 68.7 cm³/mol. The average Bonchev–Trinajstić information content (AvgIpc) is 2.82. The second-order valence-electron chi connectivity index (χ2n) is 5.90. The molecule has 2 unspecified atom stereocenters. The van der Waals surface area contributed by atoms with Gasteiger partial charge < -0.3 is 15.6 Å². The topological polar surface area (TPSA) is 55.5 Å². The molecule has 17 heavy (non-hydrogen) atoms. The van der Waals surface area contributed by atoms with E-state index in [0.29, 0.717) is 12.5 Å². The fourth-order valence-corrected chi connectivity index (χ4v) is 3.53. The molecule has 0 aromatic heterocycles. The molecule has 0 radical (unpaired) electrons. The number of nitrogens with two attached hydrogens (primary N) is 1. The van der Waals surface area contributed by atoms with Crippen molar-refractivity contribution in [3.05, 3.63) is 0 Å². The first-order chi connectivity index (χ1) is 8.28. The number of hydrogen-bond acceptors (Lipinski definition) is 3. The Morgan fingerprint density at radius 2 is 1.82 bits per heavy atom. The largest absolute Gasteiger partial charge is 0.392 e. The zero-order valence-electron chi connectivity index (χ0n) is 10.9. The summed E-state index contributed by atoms with van der Waals surface area (Å²) in [6.45, 7) is 2.16. The van der Waals surface area contributed by atoms with E-state index in [4.69, 9.17) is 10.5 Å². The molecule has 0 spiro atoms. The first-order valence-corrected chi connectivity index (χ1v) is 7.24. The zero-order chi connectivity index (χ0) is 12.1. The van der Waals surface area contributed by atoms with Crippen molar-refractivity contribution in [1.29, 1.82) is 0 Å². The summed E-state index contributed by atoms with van der Waals surface area (Å²) >= 11 is 0. The molecule has 1 saturated heterocycles. The molecule has 1 aliphatic heterocycles. The smallest absolute Gasteiger partial charge is 0.0659 e. The summed E-state index contributed by atoms with van der Waals surface area (Å²) in [5, 5.41) is 10.7. The van der Waals surface area contributed by atoms with E-state index in [1.54, 1.807) is 0 Å². The standard InChI is InChI=1S/C14H27NO2/c15-11-14(7-4-2-1-3-5-8-14)13(16)12-6-9-17-10-12/h12-13,16H,1-11,15H2. The molecular weight excluding hydrogens is 214 g/mol. The molecule has 1 heterocycles. The van der Waals surface area contributed by atoms with Crippen molar-refractivity contribution in [2.24, 2.45) is 17.1 Å². The van der Waals surface area contributed by atoms with Gasteiger partial charge in [-0.25, -0.2) is 0 Å². The molecule has 1 saturated carbocycles. The van der Waals surface area contributed by atoms with Gasteiger partial charge in [0.1, 0.15) is 0 Å². The minimum Gasteiger partial charge on any atom is -0.392 e. The molecule has 3 nitrogen and oxygen atoms in total. The maximum absolute atomic E-state index is 10.7. The van der Waals surface area contributed by atoms with Crippen LogP contribution in [0.25, 0.3) is 0 Å².